The van der Waals surface area contributed by atoms with Crippen molar-refractivity contribution in [3.63, 3.8) is 0 Å². The monoisotopic (exact) mass is 364 g/mol. The van der Waals surface area contributed by atoms with E-state index in [1.165, 1.54) is 11.1 Å². The molecule has 0 saturated carbocycles. The van der Waals surface area contributed by atoms with Gasteiger partial charge in [-0.3, -0.25) is 0 Å². The number of halogens is 2. The maximum absolute atomic E-state index is 5.75. The molecule has 0 radical (unpaired) electrons. The van der Waals surface area contributed by atoms with Gasteiger partial charge in [-0.25, -0.2) is 0 Å². The van der Waals surface area contributed by atoms with E-state index in [-0.39, 0.29) is 0 Å². The van der Waals surface area contributed by atoms with Crippen LogP contribution in [0, 0.1) is 0 Å². The van der Waals surface area contributed by atoms with Crippen molar-refractivity contribution in [3.8, 4) is 11.1 Å². The highest BCUT2D eigenvalue weighted by molar-refractivity contribution is 9.10. The van der Waals surface area contributed by atoms with Crippen molar-refractivity contribution in [2.75, 3.05) is 0 Å². The first kappa shape index (κ1) is 12.0. The van der Waals surface area contributed by atoms with Crippen LogP contribution in [0.25, 0.3) is 22.1 Å². The van der Waals surface area contributed by atoms with Crippen LogP contribution in [-0.2, 0) is 5.33 Å². The molecule has 1 nitrogen and oxygen atoms in total. The lowest BCUT2D eigenvalue weighted by Crippen LogP contribution is -1.85. The largest absolute Gasteiger partial charge is 0.449 e. The lowest BCUT2D eigenvalue weighted by Gasteiger charge is -2.05. The number of alkyl halides is 1. The normalized spacial score (nSPS) is 11.0. The van der Waals surface area contributed by atoms with E-state index in [2.05, 4.69) is 62.2 Å². The van der Waals surface area contributed by atoms with Crippen LogP contribution in [0.2, 0.25) is 0 Å². The molecule has 2 aromatic carbocycles. The molecule has 0 N–H and O–H groups in total. The first-order valence-electron chi connectivity index (χ1n) is 5.62. The zero-order chi connectivity index (χ0) is 12.5. The lowest BCUT2D eigenvalue weighted by atomic mass is 10.0. The SMILES string of the molecule is BrCc1ccccc1-c1c(Br)oc2ccccc12. The Bertz CT molecular complexity index is 701. The smallest absolute Gasteiger partial charge is 0.178 e. The van der Waals surface area contributed by atoms with Gasteiger partial charge >= 0.3 is 0 Å². The Morgan fingerprint density at radius 2 is 1.67 bits per heavy atom. The second-order valence-corrected chi connectivity index (χ2v) is 5.32. The maximum atomic E-state index is 5.75. The van der Waals surface area contributed by atoms with Gasteiger partial charge in [0, 0.05) is 16.3 Å². The minimum atomic E-state index is 0.789. The molecule has 3 aromatic rings. The van der Waals surface area contributed by atoms with Crippen LogP contribution in [0.3, 0.4) is 0 Å². The number of furan rings is 1. The predicted molar refractivity (Wildman–Crippen MR) is 82.0 cm³/mol. The Morgan fingerprint density at radius 1 is 0.944 bits per heavy atom. The predicted octanol–water partition coefficient (Wildman–Crippen LogP) is 5.76. The summed E-state index contributed by atoms with van der Waals surface area (Å²) in [4.78, 5) is 0. The van der Waals surface area contributed by atoms with E-state index in [4.69, 9.17) is 4.42 Å². The van der Waals surface area contributed by atoms with Crippen molar-refractivity contribution < 1.29 is 4.42 Å². The average molecular weight is 366 g/mol. The zero-order valence-electron chi connectivity index (χ0n) is 9.49. The van der Waals surface area contributed by atoms with E-state index in [1.54, 1.807) is 0 Å². The van der Waals surface area contributed by atoms with Gasteiger partial charge in [-0.2, -0.15) is 0 Å². The van der Waals surface area contributed by atoms with Crippen LogP contribution in [0.5, 0.6) is 0 Å². The van der Waals surface area contributed by atoms with Gasteiger partial charge < -0.3 is 4.42 Å². The van der Waals surface area contributed by atoms with Crippen LogP contribution >= 0.6 is 31.9 Å². The van der Waals surface area contributed by atoms with Crippen molar-refractivity contribution in [1.82, 2.24) is 0 Å². The molecule has 0 atom stereocenters. The van der Waals surface area contributed by atoms with Gasteiger partial charge in [0.1, 0.15) is 5.58 Å². The van der Waals surface area contributed by atoms with Gasteiger partial charge in [0.25, 0.3) is 0 Å². The van der Waals surface area contributed by atoms with Gasteiger partial charge in [-0.1, -0.05) is 58.4 Å². The fourth-order valence-electron chi connectivity index (χ4n) is 2.15. The molecule has 90 valence electrons. The molecule has 3 heteroatoms. The molecule has 0 aliphatic heterocycles. The standard InChI is InChI=1S/C15H10Br2O/c16-9-10-5-1-2-6-11(10)14-12-7-3-4-8-13(12)18-15(14)17/h1-8H,9H2. The van der Waals surface area contributed by atoms with Crippen LogP contribution < -0.4 is 0 Å². The summed E-state index contributed by atoms with van der Waals surface area (Å²) in [6.45, 7) is 0. The fraction of sp³-hybridized carbons (Fsp3) is 0.0667. The molecule has 3 rings (SSSR count). The van der Waals surface area contributed by atoms with Crippen molar-refractivity contribution in [3.05, 3.63) is 58.8 Å². The Morgan fingerprint density at radius 3 is 2.50 bits per heavy atom. The first-order chi connectivity index (χ1) is 8.81. The van der Waals surface area contributed by atoms with E-state index in [1.807, 2.05) is 18.2 Å². The summed E-state index contributed by atoms with van der Waals surface area (Å²) in [5.74, 6) is 0. The third-order valence-corrected chi connectivity index (χ3v) is 4.15. The van der Waals surface area contributed by atoms with Gasteiger partial charge in [0.05, 0.1) is 0 Å². The highest BCUT2D eigenvalue weighted by atomic mass is 79.9. The van der Waals surface area contributed by atoms with Gasteiger partial charge in [-0.15, -0.1) is 0 Å². The summed E-state index contributed by atoms with van der Waals surface area (Å²) >= 11 is 7.06. The highest BCUT2D eigenvalue weighted by Crippen LogP contribution is 2.39. The Kier molecular flexibility index (Phi) is 3.27. The van der Waals surface area contributed by atoms with E-state index < -0.39 is 0 Å². The second kappa shape index (κ2) is 4.90. The minimum absolute atomic E-state index is 0.789. The Balaban J connectivity index is 2.34. The topological polar surface area (TPSA) is 13.1 Å². The van der Waals surface area contributed by atoms with Gasteiger partial charge in [0.15, 0.2) is 4.67 Å². The Hall–Kier alpha value is -1.06. The summed E-state index contributed by atoms with van der Waals surface area (Å²) < 4.78 is 6.54. The van der Waals surface area contributed by atoms with E-state index in [0.717, 1.165) is 26.5 Å². The zero-order valence-corrected chi connectivity index (χ0v) is 12.7. The summed E-state index contributed by atoms with van der Waals surface area (Å²) in [6, 6.07) is 16.4. The second-order valence-electron chi connectivity index (χ2n) is 4.04. The number of fused-ring (bicyclic) bond motifs is 1. The molecule has 0 aliphatic carbocycles. The molecule has 1 aromatic heterocycles. The molecule has 0 amide bonds. The van der Waals surface area contributed by atoms with Crippen LogP contribution in [0.15, 0.2) is 57.6 Å². The molecule has 0 spiro atoms. The quantitative estimate of drug-likeness (QED) is 0.526. The molecular formula is C15H10Br2O. The van der Waals surface area contributed by atoms with E-state index in [9.17, 15) is 0 Å². The number of hydrogen-bond donors (Lipinski definition) is 0. The molecule has 0 saturated heterocycles. The highest BCUT2D eigenvalue weighted by Gasteiger charge is 2.15. The molecular weight excluding hydrogens is 356 g/mol. The molecule has 0 bridgehead atoms. The number of benzene rings is 2. The molecule has 0 unspecified atom stereocenters. The third-order valence-electron chi connectivity index (χ3n) is 2.98. The number of hydrogen-bond acceptors (Lipinski definition) is 1. The summed E-state index contributed by atoms with van der Waals surface area (Å²) in [5, 5.41) is 1.97. The molecule has 0 fully saturated rings. The number of rotatable bonds is 2. The summed E-state index contributed by atoms with van der Waals surface area (Å²) in [7, 11) is 0. The lowest BCUT2D eigenvalue weighted by molar-refractivity contribution is 0.589. The number of para-hydroxylation sites is 1. The van der Waals surface area contributed by atoms with Crippen LogP contribution in [0.4, 0.5) is 0 Å². The first-order valence-corrected chi connectivity index (χ1v) is 7.54. The maximum Gasteiger partial charge on any atom is 0.178 e. The van der Waals surface area contributed by atoms with Gasteiger partial charge in [0.2, 0.25) is 0 Å². The third kappa shape index (κ3) is 1.91. The van der Waals surface area contributed by atoms with Crippen molar-refractivity contribution in [2.45, 2.75) is 5.33 Å². The van der Waals surface area contributed by atoms with Crippen molar-refractivity contribution in [2.24, 2.45) is 0 Å². The van der Waals surface area contributed by atoms with Crippen LogP contribution in [-0.4, -0.2) is 0 Å². The van der Waals surface area contributed by atoms with E-state index in [0.29, 0.717) is 0 Å². The van der Waals surface area contributed by atoms with Crippen LogP contribution in [0.1, 0.15) is 5.56 Å². The van der Waals surface area contributed by atoms with Crippen molar-refractivity contribution in [1.29, 1.82) is 0 Å². The summed E-state index contributed by atoms with van der Waals surface area (Å²) in [6.07, 6.45) is 0. The molecule has 0 aliphatic rings. The average Bonchev–Trinajstić information content (AvgIpc) is 2.74. The van der Waals surface area contributed by atoms with Gasteiger partial charge in [-0.05, 0) is 33.1 Å². The summed E-state index contributed by atoms with van der Waals surface area (Å²) in [5.41, 5.74) is 4.49. The Labute approximate surface area is 122 Å². The fourth-order valence-corrected chi connectivity index (χ4v) is 3.24. The van der Waals surface area contributed by atoms with E-state index >= 15 is 0 Å². The van der Waals surface area contributed by atoms with Crippen molar-refractivity contribution >= 4 is 42.8 Å². The molecule has 18 heavy (non-hydrogen) atoms. The minimum Gasteiger partial charge on any atom is -0.449 e. The molecule has 1 heterocycles.